The van der Waals surface area contributed by atoms with Gasteiger partial charge in [-0.3, -0.25) is 0 Å². The van der Waals surface area contributed by atoms with Crippen LogP contribution in [0, 0.1) is 12.8 Å². The third-order valence-corrected chi connectivity index (χ3v) is 3.15. The highest BCUT2D eigenvalue weighted by Gasteiger charge is 2.27. The Kier molecular flexibility index (Phi) is 2.69. The molecule has 0 radical (unpaired) electrons. The Hall–Kier alpha value is -0.690. The first-order valence-electron chi connectivity index (χ1n) is 5.19. The molecule has 14 heavy (non-hydrogen) atoms. The highest BCUT2D eigenvalue weighted by atomic mass is 35.5. The van der Waals surface area contributed by atoms with Crippen LogP contribution in [-0.4, -0.2) is 6.04 Å². The lowest BCUT2D eigenvalue weighted by Gasteiger charge is -2.16. The van der Waals surface area contributed by atoms with Crippen LogP contribution in [0.1, 0.15) is 25.3 Å². The molecule has 2 heteroatoms. The van der Waals surface area contributed by atoms with Crippen molar-refractivity contribution >= 4 is 17.3 Å². The van der Waals surface area contributed by atoms with Crippen LogP contribution < -0.4 is 5.32 Å². The topological polar surface area (TPSA) is 12.0 Å². The molecule has 0 unspecified atom stereocenters. The van der Waals surface area contributed by atoms with E-state index in [1.54, 1.807) is 0 Å². The van der Waals surface area contributed by atoms with Gasteiger partial charge in [-0.15, -0.1) is 0 Å². The van der Waals surface area contributed by atoms with E-state index in [1.165, 1.54) is 24.1 Å². The molecule has 2 rings (SSSR count). The minimum absolute atomic E-state index is 0.576. The van der Waals surface area contributed by atoms with E-state index in [2.05, 4.69) is 25.2 Å². The van der Waals surface area contributed by atoms with Crippen molar-refractivity contribution in [2.24, 2.45) is 5.92 Å². The summed E-state index contributed by atoms with van der Waals surface area (Å²) < 4.78 is 0. The number of hydrogen-bond acceptors (Lipinski definition) is 1. The predicted molar refractivity (Wildman–Crippen MR) is 62.0 cm³/mol. The average Bonchev–Trinajstić information content (AvgIpc) is 2.94. The Balaban J connectivity index is 2.10. The van der Waals surface area contributed by atoms with Crippen LogP contribution in [0.4, 0.5) is 5.69 Å². The summed E-state index contributed by atoms with van der Waals surface area (Å²) in [6.07, 6.45) is 2.74. The molecule has 1 aromatic carbocycles. The van der Waals surface area contributed by atoms with Crippen LogP contribution >= 0.6 is 11.6 Å². The molecule has 0 aromatic heterocycles. The number of hydrogen-bond donors (Lipinski definition) is 1. The van der Waals surface area contributed by atoms with Crippen molar-refractivity contribution in [1.82, 2.24) is 0 Å². The van der Waals surface area contributed by atoms with E-state index in [4.69, 9.17) is 11.6 Å². The van der Waals surface area contributed by atoms with Gasteiger partial charge in [0, 0.05) is 16.8 Å². The van der Waals surface area contributed by atoms with Crippen molar-refractivity contribution in [2.45, 2.75) is 32.7 Å². The van der Waals surface area contributed by atoms with Crippen molar-refractivity contribution < 1.29 is 0 Å². The molecule has 0 saturated heterocycles. The number of nitrogens with one attached hydrogen (secondary N) is 1. The molecule has 0 bridgehead atoms. The third kappa shape index (κ3) is 2.21. The van der Waals surface area contributed by atoms with E-state index in [1.807, 2.05) is 12.1 Å². The summed E-state index contributed by atoms with van der Waals surface area (Å²) in [5.41, 5.74) is 2.44. The lowest BCUT2D eigenvalue weighted by molar-refractivity contribution is 0.693. The van der Waals surface area contributed by atoms with Crippen LogP contribution in [0.5, 0.6) is 0 Å². The fourth-order valence-corrected chi connectivity index (χ4v) is 1.88. The Bertz CT molecular complexity index is 331. The second kappa shape index (κ2) is 3.82. The van der Waals surface area contributed by atoms with Crippen molar-refractivity contribution in [3.8, 4) is 0 Å². The zero-order valence-corrected chi connectivity index (χ0v) is 9.43. The SMILES string of the molecule is Cc1ccc(Cl)cc1N[C@H](C)C1CC1. The fraction of sp³-hybridized carbons (Fsp3) is 0.500. The summed E-state index contributed by atoms with van der Waals surface area (Å²) in [5.74, 6) is 0.869. The first-order chi connectivity index (χ1) is 6.66. The quantitative estimate of drug-likeness (QED) is 0.797. The lowest BCUT2D eigenvalue weighted by Crippen LogP contribution is -2.17. The largest absolute Gasteiger partial charge is 0.382 e. The van der Waals surface area contributed by atoms with Crippen LogP contribution in [-0.2, 0) is 0 Å². The highest BCUT2D eigenvalue weighted by molar-refractivity contribution is 6.30. The predicted octanol–water partition coefficient (Wildman–Crippen LogP) is 3.86. The summed E-state index contributed by atoms with van der Waals surface area (Å²) in [6.45, 7) is 4.36. The molecule has 1 atom stereocenters. The molecule has 1 aliphatic carbocycles. The van der Waals surface area contributed by atoms with Crippen molar-refractivity contribution in [2.75, 3.05) is 5.32 Å². The van der Waals surface area contributed by atoms with Crippen molar-refractivity contribution in [1.29, 1.82) is 0 Å². The fourth-order valence-electron chi connectivity index (χ4n) is 1.71. The molecule has 1 aliphatic rings. The molecular formula is C12H16ClN. The second-order valence-corrected chi connectivity index (χ2v) is 4.67. The molecule has 1 fully saturated rings. The Morgan fingerprint density at radius 1 is 1.43 bits per heavy atom. The van der Waals surface area contributed by atoms with Gasteiger partial charge in [-0.25, -0.2) is 0 Å². The highest BCUT2D eigenvalue weighted by Crippen LogP contribution is 2.34. The van der Waals surface area contributed by atoms with E-state index in [0.29, 0.717) is 6.04 Å². The van der Waals surface area contributed by atoms with Gasteiger partial charge in [0.25, 0.3) is 0 Å². The normalized spacial score (nSPS) is 17.9. The molecule has 1 saturated carbocycles. The zero-order valence-electron chi connectivity index (χ0n) is 8.68. The van der Waals surface area contributed by atoms with E-state index in [0.717, 1.165) is 10.9 Å². The van der Waals surface area contributed by atoms with Gasteiger partial charge in [-0.1, -0.05) is 17.7 Å². The molecule has 0 amide bonds. The molecular weight excluding hydrogens is 194 g/mol. The van der Waals surface area contributed by atoms with E-state index < -0.39 is 0 Å². The zero-order chi connectivity index (χ0) is 10.1. The second-order valence-electron chi connectivity index (χ2n) is 4.23. The number of halogens is 1. The van der Waals surface area contributed by atoms with Crippen molar-refractivity contribution in [3.05, 3.63) is 28.8 Å². The standard InChI is InChI=1S/C12H16ClN/c1-8-3-6-11(13)7-12(8)14-9(2)10-4-5-10/h3,6-7,9-10,14H,4-5H2,1-2H3/t9-/m1/s1. The molecule has 1 aromatic rings. The Morgan fingerprint density at radius 3 is 2.79 bits per heavy atom. The maximum Gasteiger partial charge on any atom is 0.0426 e. The van der Waals surface area contributed by atoms with Gasteiger partial charge in [0.05, 0.1) is 0 Å². The molecule has 1 nitrogen and oxygen atoms in total. The van der Waals surface area contributed by atoms with Gasteiger partial charge in [-0.05, 0) is 50.3 Å². The van der Waals surface area contributed by atoms with Gasteiger partial charge in [0.15, 0.2) is 0 Å². The molecule has 1 N–H and O–H groups in total. The minimum Gasteiger partial charge on any atom is -0.382 e. The summed E-state index contributed by atoms with van der Waals surface area (Å²) in [6, 6.07) is 6.58. The van der Waals surface area contributed by atoms with E-state index in [9.17, 15) is 0 Å². The van der Waals surface area contributed by atoms with Crippen molar-refractivity contribution in [3.63, 3.8) is 0 Å². The smallest absolute Gasteiger partial charge is 0.0426 e. The van der Waals surface area contributed by atoms with Gasteiger partial charge in [0.1, 0.15) is 0 Å². The lowest BCUT2D eigenvalue weighted by atomic mass is 10.1. The summed E-state index contributed by atoms with van der Waals surface area (Å²) in [7, 11) is 0. The van der Waals surface area contributed by atoms with E-state index in [-0.39, 0.29) is 0 Å². The van der Waals surface area contributed by atoms with Crippen LogP contribution in [0.2, 0.25) is 5.02 Å². The Labute approximate surface area is 90.5 Å². The Morgan fingerprint density at radius 2 is 2.14 bits per heavy atom. The monoisotopic (exact) mass is 209 g/mol. The summed E-state index contributed by atoms with van der Waals surface area (Å²) in [5, 5.41) is 4.34. The third-order valence-electron chi connectivity index (χ3n) is 2.91. The van der Waals surface area contributed by atoms with E-state index >= 15 is 0 Å². The first-order valence-corrected chi connectivity index (χ1v) is 5.57. The van der Waals surface area contributed by atoms with Crippen LogP contribution in [0.25, 0.3) is 0 Å². The number of rotatable bonds is 3. The molecule has 0 heterocycles. The number of anilines is 1. The van der Waals surface area contributed by atoms with Crippen LogP contribution in [0.15, 0.2) is 18.2 Å². The average molecular weight is 210 g/mol. The first kappa shape index (κ1) is 9.85. The number of benzene rings is 1. The van der Waals surface area contributed by atoms with Crippen LogP contribution in [0.3, 0.4) is 0 Å². The summed E-state index contributed by atoms with van der Waals surface area (Å²) in [4.78, 5) is 0. The maximum atomic E-state index is 5.96. The molecule has 76 valence electrons. The summed E-state index contributed by atoms with van der Waals surface area (Å²) >= 11 is 5.96. The minimum atomic E-state index is 0.576. The molecule has 0 spiro atoms. The van der Waals surface area contributed by atoms with Gasteiger partial charge < -0.3 is 5.32 Å². The van der Waals surface area contributed by atoms with Gasteiger partial charge in [-0.2, -0.15) is 0 Å². The molecule has 0 aliphatic heterocycles. The van der Waals surface area contributed by atoms with Gasteiger partial charge in [0.2, 0.25) is 0 Å². The van der Waals surface area contributed by atoms with Gasteiger partial charge >= 0.3 is 0 Å². The maximum absolute atomic E-state index is 5.96. The number of aryl methyl sites for hydroxylation is 1.